The first-order chi connectivity index (χ1) is 8.34. The van der Waals surface area contributed by atoms with Crippen LogP contribution in [0.2, 0.25) is 0 Å². The van der Waals surface area contributed by atoms with Crippen LogP contribution in [0.5, 0.6) is 0 Å². The lowest BCUT2D eigenvalue weighted by Crippen LogP contribution is -2.09. The van der Waals surface area contributed by atoms with Gasteiger partial charge in [0, 0.05) is 0 Å². The van der Waals surface area contributed by atoms with Gasteiger partial charge in [-0.05, 0) is 42.0 Å². The molecule has 17 heavy (non-hydrogen) atoms. The van der Waals surface area contributed by atoms with E-state index >= 15 is 0 Å². The van der Waals surface area contributed by atoms with E-state index in [0.29, 0.717) is 11.7 Å². The van der Waals surface area contributed by atoms with Crippen molar-refractivity contribution in [2.75, 3.05) is 0 Å². The van der Waals surface area contributed by atoms with Gasteiger partial charge in [0.2, 0.25) is 0 Å². The average molecular weight is 228 g/mol. The van der Waals surface area contributed by atoms with Crippen molar-refractivity contribution in [3.8, 4) is 0 Å². The Morgan fingerprint density at radius 3 is 2.71 bits per heavy atom. The number of aliphatic hydroxyl groups excluding tert-OH is 1. The summed E-state index contributed by atoms with van der Waals surface area (Å²) in [6.45, 7) is 0. The topological polar surface area (TPSA) is 33.4 Å². The lowest BCUT2D eigenvalue weighted by Gasteiger charge is -2.26. The molecule has 0 aliphatic heterocycles. The van der Waals surface area contributed by atoms with Gasteiger partial charge in [-0.3, -0.25) is 0 Å². The fraction of sp³-hybridized carbons (Fsp3) is 0.333. The predicted octanol–water partition coefficient (Wildman–Crippen LogP) is 3.63. The molecule has 2 heteroatoms. The summed E-state index contributed by atoms with van der Waals surface area (Å²) in [6.07, 6.45) is 4.83. The SMILES string of the molecule is OC(c1cccc(C2CCC2)c1)c1ccco1. The van der Waals surface area contributed by atoms with Crippen molar-refractivity contribution in [3.05, 3.63) is 59.5 Å². The molecule has 0 amide bonds. The maximum absolute atomic E-state index is 10.2. The smallest absolute Gasteiger partial charge is 0.137 e. The van der Waals surface area contributed by atoms with Crippen molar-refractivity contribution in [2.45, 2.75) is 31.3 Å². The lowest BCUT2D eigenvalue weighted by molar-refractivity contribution is 0.189. The molecule has 1 heterocycles. The maximum atomic E-state index is 10.2. The first-order valence-electron chi connectivity index (χ1n) is 6.16. The zero-order valence-electron chi connectivity index (χ0n) is 9.67. The van der Waals surface area contributed by atoms with Crippen molar-refractivity contribution < 1.29 is 9.52 Å². The third-order valence-corrected chi connectivity index (χ3v) is 3.62. The highest BCUT2D eigenvalue weighted by Gasteiger charge is 2.21. The van der Waals surface area contributed by atoms with Gasteiger partial charge in [-0.25, -0.2) is 0 Å². The monoisotopic (exact) mass is 228 g/mol. The quantitative estimate of drug-likeness (QED) is 0.870. The molecular weight excluding hydrogens is 212 g/mol. The molecule has 88 valence electrons. The minimum atomic E-state index is -0.648. The maximum Gasteiger partial charge on any atom is 0.137 e. The number of aliphatic hydroxyl groups is 1. The third-order valence-electron chi connectivity index (χ3n) is 3.62. The molecule has 1 aliphatic rings. The van der Waals surface area contributed by atoms with Crippen LogP contribution < -0.4 is 0 Å². The largest absolute Gasteiger partial charge is 0.466 e. The first-order valence-corrected chi connectivity index (χ1v) is 6.16. The zero-order chi connectivity index (χ0) is 11.7. The normalized spacial score (nSPS) is 17.7. The predicted molar refractivity (Wildman–Crippen MR) is 65.8 cm³/mol. The molecule has 2 nitrogen and oxygen atoms in total. The summed E-state index contributed by atoms with van der Waals surface area (Å²) >= 11 is 0. The highest BCUT2D eigenvalue weighted by molar-refractivity contribution is 5.31. The third kappa shape index (κ3) is 2.01. The van der Waals surface area contributed by atoms with E-state index in [1.54, 1.807) is 18.4 Å². The second kappa shape index (κ2) is 4.38. The van der Waals surface area contributed by atoms with E-state index in [9.17, 15) is 5.11 Å². The Balaban J connectivity index is 1.87. The van der Waals surface area contributed by atoms with Gasteiger partial charge in [-0.15, -0.1) is 0 Å². The molecule has 0 spiro atoms. The Hall–Kier alpha value is -1.54. The molecule has 1 fully saturated rings. The number of rotatable bonds is 3. The van der Waals surface area contributed by atoms with Crippen LogP contribution in [0, 0.1) is 0 Å². The summed E-state index contributed by atoms with van der Waals surface area (Å²) in [4.78, 5) is 0. The molecular formula is C15H16O2. The van der Waals surface area contributed by atoms with Gasteiger partial charge in [0.05, 0.1) is 6.26 Å². The highest BCUT2D eigenvalue weighted by atomic mass is 16.4. The minimum Gasteiger partial charge on any atom is -0.466 e. The summed E-state index contributed by atoms with van der Waals surface area (Å²) in [6, 6.07) is 11.8. The number of hydrogen-bond acceptors (Lipinski definition) is 2. The van der Waals surface area contributed by atoms with Crippen molar-refractivity contribution in [2.24, 2.45) is 0 Å². The minimum absolute atomic E-state index is 0.607. The fourth-order valence-electron chi connectivity index (χ4n) is 2.34. The van der Waals surface area contributed by atoms with E-state index in [1.807, 2.05) is 12.1 Å². The molecule has 3 rings (SSSR count). The van der Waals surface area contributed by atoms with Crippen molar-refractivity contribution >= 4 is 0 Å². The van der Waals surface area contributed by atoms with Crippen LogP contribution in [0.3, 0.4) is 0 Å². The molecule has 1 saturated carbocycles. The number of hydrogen-bond donors (Lipinski definition) is 1. The van der Waals surface area contributed by atoms with Crippen LogP contribution in [0.25, 0.3) is 0 Å². The molecule has 1 aliphatic carbocycles. The van der Waals surface area contributed by atoms with E-state index in [4.69, 9.17) is 4.42 Å². The van der Waals surface area contributed by atoms with Crippen LogP contribution in [-0.4, -0.2) is 5.11 Å². The summed E-state index contributed by atoms with van der Waals surface area (Å²) in [5, 5.41) is 10.2. The lowest BCUT2D eigenvalue weighted by atomic mass is 9.79. The van der Waals surface area contributed by atoms with E-state index in [-0.39, 0.29) is 0 Å². The molecule has 1 aromatic carbocycles. The fourth-order valence-corrected chi connectivity index (χ4v) is 2.34. The van der Waals surface area contributed by atoms with Crippen LogP contribution in [0.1, 0.15) is 48.2 Å². The van der Waals surface area contributed by atoms with Gasteiger partial charge in [0.25, 0.3) is 0 Å². The molecule has 0 bridgehead atoms. The Bertz CT molecular complexity index is 483. The van der Waals surface area contributed by atoms with Crippen molar-refractivity contribution in [1.82, 2.24) is 0 Å². The van der Waals surface area contributed by atoms with E-state index in [1.165, 1.54) is 24.8 Å². The van der Waals surface area contributed by atoms with Gasteiger partial charge in [0.15, 0.2) is 0 Å². The van der Waals surface area contributed by atoms with E-state index in [0.717, 1.165) is 5.56 Å². The highest BCUT2D eigenvalue weighted by Crippen LogP contribution is 2.37. The molecule has 1 atom stereocenters. The van der Waals surface area contributed by atoms with Gasteiger partial charge < -0.3 is 9.52 Å². The summed E-state index contributed by atoms with van der Waals surface area (Å²) in [5.74, 6) is 1.30. The van der Waals surface area contributed by atoms with Gasteiger partial charge in [-0.2, -0.15) is 0 Å². The first kappa shape index (κ1) is 10.6. The molecule has 2 aromatic rings. The van der Waals surface area contributed by atoms with Gasteiger partial charge in [-0.1, -0.05) is 30.7 Å². The van der Waals surface area contributed by atoms with Crippen molar-refractivity contribution in [1.29, 1.82) is 0 Å². The number of furan rings is 1. The Morgan fingerprint density at radius 2 is 2.06 bits per heavy atom. The molecule has 1 aromatic heterocycles. The van der Waals surface area contributed by atoms with Crippen LogP contribution >= 0.6 is 0 Å². The molecule has 1 unspecified atom stereocenters. The Kier molecular flexibility index (Phi) is 2.73. The summed E-state index contributed by atoms with van der Waals surface area (Å²) in [5.41, 5.74) is 2.27. The summed E-state index contributed by atoms with van der Waals surface area (Å²) in [7, 11) is 0. The second-order valence-electron chi connectivity index (χ2n) is 4.72. The van der Waals surface area contributed by atoms with Crippen LogP contribution in [0.15, 0.2) is 47.1 Å². The van der Waals surface area contributed by atoms with Gasteiger partial charge >= 0.3 is 0 Å². The van der Waals surface area contributed by atoms with Crippen LogP contribution in [0.4, 0.5) is 0 Å². The zero-order valence-corrected chi connectivity index (χ0v) is 9.67. The average Bonchev–Trinajstić information content (AvgIpc) is 2.79. The summed E-state index contributed by atoms with van der Waals surface area (Å²) < 4.78 is 5.24. The second-order valence-corrected chi connectivity index (χ2v) is 4.72. The molecule has 0 radical (unpaired) electrons. The molecule has 0 saturated heterocycles. The Morgan fingerprint density at radius 1 is 1.18 bits per heavy atom. The number of benzene rings is 1. The van der Waals surface area contributed by atoms with Crippen LogP contribution in [-0.2, 0) is 0 Å². The molecule has 1 N–H and O–H groups in total. The van der Waals surface area contributed by atoms with Gasteiger partial charge in [0.1, 0.15) is 11.9 Å². The van der Waals surface area contributed by atoms with Crippen molar-refractivity contribution in [3.63, 3.8) is 0 Å². The standard InChI is InChI=1S/C15H16O2/c16-15(14-8-3-9-17-14)13-7-2-6-12(10-13)11-4-1-5-11/h2-3,6-11,15-16H,1,4-5H2. The van der Waals surface area contributed by atoms with E-state index < -0.39 is 6.10 Å². The Labute approximate surface area is 101 Å². The van der Waals surface area contributed by atoms with E-state index in [2.05, 4.69) is 12.1 Å².